The van der Waals surface area contributed by atoms with Gasteiger partial charge in [0, 0.05) is 12.2 Å². The molecule has 0 saturated carbocycles. The van der Waals surface area contributed by atoms with Crippen molar-refractivity contribution in [3.63, 3.8) is 0 Å². The highest BCUT2D eigenvalue weighted by atomic mass is 32.1. The molecule has 0 radical (unpaired) electrons. The van der Waals surface area contributed by atoms with Gasteiger partial charge in [-0.05, 0) is 43.3 Å². The lowest BCUT2D eigenvalue weighted by Crippen LogP contribution is -2.29. The van der Waals surface area contributed by atoms with Gasteiger partial charge in [0.1, 0.15) is 0 Å². The first-order valence-corrected chi connectivity index (χ1v) is 5.98. The largest absolute Gasteiger partial charge is 0.416 e. The molecule has 0 aliphatic carbocycles. The molecule has 0 unspecified atom stereocenters. The Kier molecular flexibility index (Phi) is 4.95. The number of thiocarbonyl (C=S) groups is 1. The Bertz CT molecular complexity index is 430. The van der Waals surface area contributed by atoms with Crippen LogP contribution in [0.3, 0.4) is 0 Å². The lowest BCUT2D eigenvalue weighted by molar-refractivity contribution is -0.137. The Balaban J connectivity index is 2.85. The monoisotopic (exact) mass is 276 g/mol. The van der Waals surface area contributed by atoms with Crippen LogP contribution in [0.25, 0.3) is 0 Å². The summed E-state index contributed by atoms with van der Waals surface area (Å²) >= 11 is 4.99. The Morgan fingerprint density at radius 2 is 2.00 bits per heavy atom. The first-order chi connectivity index (χ1) is 8.34. The van der Waals surface area contributed by atoms with Crippen molar-refractivity contribution in [2.45, 2.75) is 26.4 Å². The van der Waals surface area contributed by atoms with E-state index >= 15 is 0 Å². The molecular weight excluding hydrogens is 261 g/mol. The summed E-state index contributed by atoms with van der Waals surface area (Å²) in [5, 5.41) is 6.02. The van der Waals surface area contributed by atoms with Gasteiger partial charge in [0.2, 0.25) is 0 Å². The molecule has 0 aliphatic rings. The quantitative estimate of drug-likeness (QED) is 0.823. The van der Waals surface area contributed by atoms with Crippen molar-refractivity contribution >= 4 is 23.0 Å². The fourth-order valence-corrected chi connectivity index (χ4v) is 1.55. The molecule has 1 rings (SSSR count). The summed E-state index contributed by atoms with van der Waals surface area (Å²) in [5.41, 5.74) is 0.399. The van der Waals surface area contributed by atoms with E-state index in [0.717, 1.165) is 18.6 Å². The summed E-state index contributed by atoms with van der Waals surface area (Å²) in [7, 11) is 0. The number of halogens is 3. The van der Waals surface area contributed by atoms with Gasteiger partial charge in [0.05, 0.1) is 5.56 Å². The lowest BCUT2D eigenvalue weighted by Gasteiger charge is -2.14. The fraction of sp³-hybridized carbons (Fsp3) is 0.417. The zero-order valence-corrected chi connectivity index (χ0v) is 11.0. The molecule has 0 amide bonds. The zero-order valence-electron chi connectivity index (χ0n) is 10.2. The summed E-state index contributed by atoms with van der Waals surface area (Å²) < 4.78 is 37.7. The van der Waals surface area contributed by atoms with Gasteiger partial charge in [0.25, 0.3) is 0 Å². The summed E-state index contributed by atoms with van der Waals surface area (Å²) in [5.74, 6) is 0. The number of benzene rings is 1. The van der Waals surface area contributed by atoms with Gasteiger partial charge in [-0.15, -0.1) is 0 Å². The standard InChI is InChI=1S/C12H15F3N2S/c1-3-6-16-11(18)17-10-7-9(12(13,14)15)5-4-8(10)2/h4-5,7H,3,6H2,1-2H3,(H2,16,17,18). The maximum Gasteiger partial charge on any atom is 0.416 e. The van der Waals surface area contributed by atoms with Gasteiger partial charge in [-0.25, -0.2) is 0 Å². The third-order valence-corrected chi connectivity index (χ3v) is 2.60. The van der Waals surface area contributed by atoms with E-state index in [1.54, 1.807) is 6.92 Å². The van der Waals surface area contributed by atoms with Crippen LogP contribution in [0.1, 0.15) is 24.5 Å². The average molecular weight is 276 g/mol. The van der Waals surface area contributed by atoms with Crippen LogP contribution in [-0.4, -0.2) is 11.7 Å². The number of rotatable bonds is 3. The van der Waals surface area contributed by atoms with Crippen LogP contribution in [0.4, 0.5) is 18.9 Å². The Labute approximate surface area is 110 Å². The van der Waals surface area contributed by atoms with Crippen molar-refractivity contribution in [2.75, 3.05) is 11.9 Å². The number of hydrogen-bond donors (Lipinski definition) is 2. The predicted molar refractivity (Wildman–Crippen MR) is 70.7 cm³/mol. The highest BCUT2D eigenvalue weighted by Gasteiger charge is 2.30. The van der Waals surface area contributed by atoms with Crippen LogP contribution in [0.5, 0.6) is 0 Å². The topological polar surface area (TPSA) is 24.1 Å². The molecule has 0 heterocycles. The molecule has 0 spiro atoms. The summed E-state index contributed by atoms with van der Waals surface area (Å²) in [6.07, 6.45) is -3.45. The summed E-state index contributed by atoms with van der Waals surface area (Å²) in [6.45, 7) is 4.39. The number of aryl methyl sites for hydroxylation is 1. The lowest BCUT2D eigenvalue weighted by atomic mass is 10.1. The van der Waals surface area contributed by atoms with Gasteiger partial charge < -0.3 is 10.6 Å². The second-order valence-corrected chi connectivity index (χ2v) is 4.32. The third-order valence-electron chi connectivity index (χ3n) is 2.35. The van der Waals surface area contributed by atoms with Crippen LogP contribution >= 0.6 is 12.2 Å². The molecule has 0 atom stereocenters. The van der Waals surface area contributed by atoms with Gasteiger partial charge in [-0.1, -0.05) is 13.0 Å². The normalized spacial score (nSPS) is 11.2. The SMILES string of the molecule is CCCNC(=S)Nc1cc(C(F)(F)F)ccc1C. The molecule has 100 valence electrons. The molecule has 2 nitrogen and oxygen atoms in total. The summed E-state index contributed by atoms with van der Waals surface area (Å²) in [6, 6.07) is 3.55. The van der Waals surface area contributed by atoms with E-state index in [9.17, 15) is 13.2 Å². The van der Waals surface area contributed by atoms with Crippen LogP contribution in [0.2, 0.25) is 0 Å². The van der Waals surface area contributed by atoms with Crippen molar-refractivity contribution in [1.29, 1.82) is 0 Å². The molecule has 0 fully saturated rings. The van der Waals surface area contributed by atoms with E-state index < -0.39 is 11.7 Å². The Hall–Kier alpha value is -1.30. The molecule has 6 heteroatoms. The zero-order chi connectivity index (χ0) is 13.8. The van der Waals surface area contributed by atoms with E-state index in [0.29, 0.717) is 22.9 Å². The van der Waals surface area contributed by atoms with E-state index in [1.165, 1.54) is 6.07 Å². The van der Waals surface area contributed by atoms with Gasteiger partial charge in [-0.2, -0.15) is 13.2 Å². The minimum absolute atomic E-state index is 0.333. The van der Waals surface area contributed by atoms with Crippen LogP contribution < -0.4 is 10.6 Å². The van der Waals surface area contributed by atoms with Crippen molar-refractivity contribution in [1.82, 2.24) is 5.32 Å². The highest BCUT2D eigenvalue weighted by molar-refractivity contribution is 7.80. The molecular formula is C12H15F3N2S. The molecule has 1 aromatic carbocycles. The Morgan fingerprint density at radius 3 is 2.56 bits per heavy atom. The van der Waals surface area contributed by atoms with Crippen LogP contribution in [0, 0.1) is 6.92 Å². The van der Waals surface area contributed by atoms with Crippen molar-refractivity contribution in [2.24, 2.45) is 0 Å². The highest BCUT2D eigenvalue weighted by Crippen LogP contribution is 2.31. The molecule has 0 aromatic heterocycles. The van der Waals surface area contributed by atoms with Crippen molar-refractivity contribution in [3.05, 3.63) is 29.3 Å². The van der Waals surface area contributed by atoms with E-state index in [1.807, 2.05) is 6.92 Å². The number of alkyl halides is 3. The second-order valence-electron chi connectivity index (χ2n) is 3.91. The fourth-order valence-electron chi connectivity index (χ4n) is 1.34. The smallest absolute Gasteiger partial charge is 0.362 e. The first kappa shape index (κ1) is 14.8. The van der Waals surface area contributed by atoms with E-state index in [2.05, 4.69) is 10.6 Å². The van der Waals surface area contributed by atoms with Crippen molar-refractivity contribution in [3.8, 4) is 0 Å². The molecule has 18 heavy (non-hydrogen) atoms. The first-order valence-electron chi connectivity index (χ1n) is 5.57. The average Bonchev–Trinajstić information content (AvgIpc) is 2.28. The van der Waals surface area contributed by atoms with Gasteiger partial charge in [0.15, 0.2) is 5.11 Å². The number of nitrogens with one attached hydrogen (secondary N) is 2. The molecule has 0 saturated heterocycles. The molecule has 0 aliphatic heterocycles. The van der Waals surface area contributed by atoms with Gasteiger partial charge >= 0.3 is 6.18 Å². The minimum atomic E-state index is -4.34. The van der Waals surface area contributed by atoms with E-state index in [4.69, 9.17) is 12.2 Å². The van der Waals surface area contributed by atoms with Crippen LogP contribution in [0.15, 0.2) is 18.2 Å². The number of anilines is 1. The second kappa shape index (κ2) is 6.04. The molecule has 2 N–H and O–H groups in total. The van der Waals surface area contributed by atoms with E-state index in [-0.39, 0.29) is 0 Å². The molecule has 0 bridgehead atoms. The number of hydrogen-bond acceptors (Lipinski definition) is 1. The Morgan fingerprint density at radius 1 is 1.33 bits per heavy atom. The minimum Gasteiger partial charge on any atom is -0.362 e. The maximum absolute atomic E-state index is 12.6. The predicted octanol–water partition coefficient (Wildman–Crippen LogP) is 3.71. The van der Waals surface area contributed by atoms with Crippen LogP contribution in [-0.2, 0) is 6.18 Å². The molecule has 1 aromatic rings. The van der Waals surface area contributed by atoms with Crippen molar-refractivity contribution < 1.29 is 13.2 Å². The summed E-state index contributed by atoms with van der Waals surface area (Å²) in [4.78, 5) is 0. The maximum atomic E-state index is 12.6. The third kappa shape index (κ3) is 4.18. The van der Waals surface area contributed by atoms with Gasteiger partial charge in [-0.3, -0.25) is 0 Å².